The number of rotatable bonds is 6. The first-order valence-corrected chi connectivity index (χ1v) is 8.07. The fraction of sp³-hybridized carbons (Fsp3) is 0.250. The van der Waals surface area contributed by atoms with Crippen molar-refractivity contribution in [3.8, 4) is 6.07 Å². The van der Waals surface area contributed by atoms with E-state index in [9.17, 15) is 9.59 Å². The molecule has 25 heavy (non-hydrogen) atoms. The van der Waals surface area contributed by atoms with E-state index in [4.69, 9.17) is 5.26 Å². The maximum Gasteiger partial charge on any atom is 0.243 e. The molecule has 0 radical (unpaired) electrons. The number of hydrogen-bond acceptors (Lipinski definition) is 3. The molecular weight excluding hydrogens is 314 g/mol. The van der Waals surface area contributed by atoms with Crippen molar-refractivity contribution in [2.75, 3.05) is 18.9 Å². The molecule has 2 aromatic rings. The number of benzene rings is 2. The Bertz CT molecular complexity index is 774. The van der Waals surface area contributed by atoms with Crippen LogP contribution in [0.3, 0.4) is 0 Å². The Balaban J connectivity index is 1.79. The number of nitrogens with zero attached hydrogens (tertiary/aromatic N) is 2. The summed E-state index contributed by atoms with van der Waals surface area (Å²) in [5, 5.41) is 11.6. The predicted octanol–water partition coefficient (Wildman–Crippen LogP) is 2.90. The van der Waals surface area contributed by atoms with Crippen LogP contribution in [0.4, 0.5) is 5.69 Å². The van der Waals surface area contributed by atoms with Crippen LogP contribution < -0.4 is 5.32 Å². The lowest BCUT2D eigenvalue weighted by atomic mass is 10.1. The van der Waals surface area contributed by atoms with Crippen molar-refractivity contribution in [3.63, 3.8) is 0 Å². The second kappa shape index (κ2) is 8.65. The summed E-state index contributed by atoms with van der Waals surface area (Å²) < 4.78 is 0. The van der Waals surface area contributed by atoms with Gasteiger partial charge in [0, 0.05) is 19.2 Å². The number of amides is 2. The first-order valence-electron chi connectivity index (χ1n) is 8.07. The Labute approximate surface area is 147 Å². The van der Waals surface area contributed by atoms with Gasteiger partial charge in [0.2, 0.25) is 11.8 Å². The summed E-state index contributed by atoms with van der Waals surface area (Å²) in [6.45, 7) is 1.99. The maximum atomic E-state index is 12.2. The van der Waals surface area contributed by atoms with E-state index in [1.54, 1.807) is 19.2 Å². The predicted molar refractivity (Wildman–Crippen MR) is 96.9 cm³/mol. The molecule has 0 aliphatic rings. The molecule has 1 N–H and O–H groups in total. The minimum atomic E-state index is -0.224. The van der Waals surface area contributed by atoms with E-state index in [-0.39, 0.29) is 18.4 Å². The Hall–Kier alpha value is -3.13. The molecule has 0 aliphatic heterocycles. The van der Waals surface area contributed by atoms with Crippen LogP contribution in [-0.2, 0) is 16.0 Å². The number of anilines is 1. The van der Waals surface area contributed by atoms with E-state index in [2.05, 4.69) is 11.4 Å². The zero-order chi connectivity index (χ0) is 18.2. The van der Waals surface area contributed by atoms with Gasteiger partial charge in [0.1, 0.15) is 0 Å². The van der Waals surface area contributed by atoms with Crippen LogP contribution in [-0.4, -0.2) is 30.3 Å². The topological polar surface area (TPSA) is 73.2 Å². The number of aryl methyl sites for hydroxylation is 2. The number of likely N-dealkylation sites (N-methyl/N-ethyl adjacent to an activating group) is 1. The van der Waals surface area contributed by atoms with E-state index in [1.165, 1.54) is 4.90 Å². The summed E-state index contributed by atoms with van der Waals surface area (Å²) in [5.41, 5.74) is 3.42. The van der Waals surface area contributed by atoms with Gasteiger partial charge < -0.3 is 10.2 Å². The van der Waals surface area contributed by atoms with Gasteiger partial charge in [-0.05, 0) is 43.2 Å². The van der Waals surface area contributed by atoms with Crippen molar-refractivity contribution in [2.45, 2.75) is 19.8 Å². The van der Waals surface area contributed by atoms with Gasteiger partial charge in [-0.25, -0.2) is 0 Å². The largest absolute Gasteiger partial charge is 0.336 e. The highest BCUT2D eigenvalue weighted by molar-refractivity contribution is 5.94. The third-order valence-electron chi connectivity index (χ3n) is 3.85. The van der Waals surface area contributed by atoms with Crippen LogP contribution in [0, 0.1) is 18.3 Å². The average molecular weight is 335 g/mol. The highest BCUT2D eigenvalue weighted by Gasteiger charge is 2.13. The van der Waals surface area contributed by atoms with Gasteiger partial charge in [-0.15, -0.1) is 0 Å². The molecular formula is C20H21N3O2. The van der Waals surface area contributed by atoms with E-state index in [0.29, 0.717) is 24.1 Å². The monoisotopic (exact) mass is 335 g/mol. The molecule has 0 aromatic heterocycles. The summed E-state index contributed by atoms with van der Waals surface area (Å²) in [5.74, 6) is -0.318. The third-order valence-corrected chi connectivity index (χ3v) is 3.85. The molecule has 0 atom stereocenters. The smallest absolute Gasteiger partial charge is 0.243 e. The van der Waals surface area contributed by atoms with Crippen molar-refractivity contribution >= 4 is 17.5 Å². The molecule has 0 fully saturated rings. The van der Waals surface area contributed by atoms with Crippen molar-refractivity contribution < 1.29 is 9.59 Å². The Kier molecular flexibility index (Phi) is 6.30. The molecule has 0 aliphatic carbocycles. The molecule has 0 saturated carbocycles. The lowest BCUT2D eigenvalue weighted by Gasteiger charge is -2.17. The van der Waals surface area contributed by atoms with Crippen LogP contribution in [0.2, 0.25) is 0 Å². The van der Waals surface area contributed by atoms with Crippen molar-refractivity contribution in [1.29, 1.82) is 5.26 Å². The summed E-state index contributed by atoms with van der Waals surface area (Å²) in [6, 6.07) is 16.7. The van der Waals surface area contributed by atoms with Crippen LogP contribution >= 0.6 is 0 Å². The normalized spacial score (nSPS) is 9.96. The standard InChI is InChI=1S/C20H21N3O2/c1-15-3-10-18(11-4-15)22-19(24)14-23(2)20(25)12-9-16-5-7-17(13-21)8-6-16/h3-8,10-11H,9,12,14H2,1-2H3,(H,22,24). The van der Waals surface area contributed by atoms with Gasteiger partial charge in [-0.1, -0.05) is 29.8 Å². The summed E-state index contributed by atoms with van der Waals surface area (Å²) in [6.07, 6.45) is 0.897. The second-order valence-corrected chi connectivity index (χ2v) is 5.97. The van der Waals surface area contributed by atoms with Crippen LogP contribution in [0.1, 0.15) is 23.1 Å². The Morgan fingerprint density at radius 2 is 1.72 bits per heavy atom. The summed E-state index contributed by atoms with van der Waals surface area (Å²) >= 11 is 0. The van der Waals surface area contributed by atoms with Crippen molar-refractivity contribution in [3.05, 3.63) is 65.2 Å². The minimum absolute atomic E-state index is 0.0140. The number of nitrogens with one attached hydrogen (secondary N) is 1. The molecule has 2 aromatic carbocycles. The highest BCUT2D eigenvalue weighted by atomic mass is 16.2. The Morgan fingerprint density at radius 3 is 2.32 bits per heavy atom. The van der Waals surface area contributed by atoms with Crippen molar-refractivity contribution in [1.82, 2.24) is 4.90 Å². The quantitative estimate of drug-likeness (QED) is 0.882. The molecule has 0 spiro atoms. The molecule has 5 nitrogen and oxygen atoms in total. The molecule has 2 rings (SSSR count). The number of nitriles is 1. The molecule has 128 valence electrons. The molecule has 0 saturated heterocycles. The second-order valence-electron chi connectivity index (χ2n) is 5.97. The van der Waals surface area contributed by atoms with Gasteiger partial charge in [-0.2, -0.15) is 5.26 Å². The van der Waals surface area contributed by atoms with Gasteiger partial charge in [0.05, 0.1) is 18.2 Å². The fourth-order valence-corrected chi connectivity index (χ4v) is 2.33. The number of carbonyl (C=O) groups is 2. The third kappa shape index (κ3) is 5.78. The minimum Gasteiger partial charge on any atom is -0.336 e. The molecule has 2 amide bonds. The zero-order valence-electron chi connectivity index (χ0n) is 14.5. The maximum absolute atomic E-state index is 12.2. The van der Waals surface area contributed by atoms with Crippen LogP contribution in [0.5, 0.6) is 0 Å². The van der Waals surface area contributed by atoms with Crippen LogP contribution in [0.25, 0.3) is 0 Å². The number of carbonyl (C=O) groups excluding carboxylic acids is 2. The van der Waals surface area contributed by atoms with Gasteiger partial charge in [0.15, 0.2) is 0 Å². The van der Waals surface area contributed by atoms with Crippen molar-refractivity contribution in [2.24, 2.45) is 0 Å². The molecule has 5 heteroatoms. The van der Waals surface area contributed by atoms with E-state index in [1.807, 2.05) is 43.3 Å². The van der Waals surface area contributed by atoms with E-state index in [0.717, 1.165) is 11.1 Å². The summed E-state index contributed by atoms with van der Waals surface area (Å²) in [7, 11) is 1.62. The number of hydrogen-bond donors (Lipinski definition) is 1. The van der Waals surface area contributed by atoms with E-state index >= 15 is 0 Å². The molecule has 0 heterocycles. The first-order chi connectivity index (χ1) is 12.0. The molecule has 0 bridgehead atoms. The van der Waals surface area contributed by atoms with Crippen LogP contribution in [0.15, 0.2) is 48.5 Å². The van der Waals surface area contributed by atoms with Gasteiger partial charge in [-0.3, -0.25) is 9.59 Å². The van der Waals surface area contributed by atoms with E-state index < -0.39 is 0 Å². The SMILES string of the molecule is Cc1ccc(NC(=O)CN(C)C(=O)CCc2ccc(C#N)cc2)cc1. The summed E-state index contributed by atoms with van der Waals surface area (Å²) in [4.78, 5) is 25.6. The lowest BCUT2D eigenvalue weighted by molar-refractivity contribution is -0.133. The fourth-order valence-electron chi connectivity index (χ4n) is 2.33. The van der Waals surface area contributed by atoms with Gasteiger partial charge >= 0.3 is 0 Å². The highest BCUT2D eigenvalue weighted by Crippen LogP contribution is 2.09. The lowest BCUT2D eigenvalue weighted by Crippen LogP contribution is -2.35. The molecule has 0 unspecified atom stereocenters. The average Bonchev–Trinajstić information content (AvgIpc) is 2.62. The first kappa shape index (κ1) is 18.2. The zero-order valence-corrected chi connectivity index (χ0v) is 14.5. The van der Waals surface area contributed by atoms with Gasteiger partial charge in [0.25, 0.3) is 0 Å². The Morgan fingerprint density at radius 1 is 1.08 bits per heavy atom.